The molecule has 0 aromatic heterocycles. The molecule has 0 aliphatic heterocycles. The molecule has 1 rings (SSSR count). The third kappa shape index (κ3) is 3.70. The van der Waals surface area contributed by atoms with E-state index in [0.717, 1.165) is 12.8 Å². The summed E-state index contributed by atoms with van der Waals surface area (Å²) in [5, 5.41) is 3.01. The molecule has 1 saturated carbocycles. The third-order valence-electron chi connectivity index (χ3n) is 2.29. The van der Waals surface area contributed by atoms with Crippen LogP contribution < -0.4 is 5.09 Å². The highest BCUT2D eigenvalue weighted by molar-refractivity contribution is 7.51. The Morgan fingerprint density at radius 3 is 2.14 bits per heavy atom. The van der Waals surface area contributed by atoms with Crippen molar-refractivity contribution in [3.8, 4) is 0 Å². The van der Waals surface area contributed by atoms with Crippen LogP contribution in [0.25, 0.3) is 0 Å². The van der Waals surface area contributed by atoms with Crippen molar-refractivity contribution in [3.63, 3.8) is 0 Å². The van der Waals surface area contributed by atoms with Crippen molar-refractivity contribution < 1.29 is 13.6 Å². The maximum atomic E-state index is 12.0. The van der Waals surface area contributed by atoms with E-state index in [1.54, 1.807) is 0 Å². The molecule has 0 unspecified atom stereocenters. The van der Waals surface area contributed by atoms with Crippen molar-refractivity contribution in [3.05, 3.63) is 0 Å². The van der Waals surface area contributed by atoms with E-state index >= 15 is 0 Å². The molecular weight excluding hydrogens is 201 g/mol. The quantitative estimate of drug-likeness (QED) is 0.700. The highest BCUT2D eigenvalue weighted by atomic mass is 31.2. The van der Waals surface area contributed by atoms with Crippen LogP contribution in [0, 0.1) is 0 Å². The minimum Gasteiger partial charge on any atom is -0.297 e. The SMILES string of the molecule is CCOP(=O)(NC1CCCC1)OCC. The fourth-order valence-corrected chi connectivity index (χ4v) is 3.34. The smallest absolute Gasteiger partial charge is 0.297 e. The average molecular weight is 221 g/mol. The Morgan fingerprint density at radius 2 is 1.71 bits per heavy atom. The van der Waals surface area contributed by atoms with Crippen LogP contribution in [-0.2, 0) is 13.6 Å². The molecule has 0 heterocycles. The van der Waals surface area contributed by atoms with Gasteiger partial charge in [0.25, 0.3) is 0 Å². The molecular formula is C9H20NO3P. The van der Waals surface area contributed by atoms with Gasteiger partial charge in [0.05, 0.1) is 13.2 Å². The predicted molar refractivity (Wildman–Crippen MR) is 56.3 cm³/mol. The molecule has 0 spiro atoms. The van der Waals surface area contributed by atoms with Gasteiger partial charge in [0.1, 0.15) is 0 Å². The molecule has 5 heteroatoms. The third-order valence-corrected chi connectivity index (χ3v) is 4.17. The first-order chi connectivity index (χ1) is 6.70. The second-order valence-corrected chi connectivity index (χ2v) is 5.21. The zero-order valence-corrected chi connectivity index (χ0v) is 9.89. The van der Waals surface area contributed by atoms with Gasteiger partial charge in [-0.15, -0.1) is 0 Å². The van der Waals surface area contributed by atoms with Crippen molar-refractivity contribution in [2.24, 2.45) is 0 Å². The minimum atomic E-state index is -3.02. The van der Waals surface area contributed by atoms with Crippen molar-refractivity contribution >= 4 is 7.75 Å². The summed E-state index contributed by atoms with van der Waals surface area (Å²) in [6.45, 7) is 4.47. The topological polar surface area (TPSA) is 47.6 Å². The monoisotopic (exact) mass is 221 g/mol. The van der Waals surface area contributed by atoms with Crippen LogP contribution in [0.3, 0.4) is 0 Å². The van der Waals surface area contributed by atoms with Crippen LogP contribution in [0.5, 0.6) is 0 Å². The molecule has 14 heavy (non-hydrogen) atoms. The molecule has 1 N–H and O–H groups in total. The Kier molecular flexibility index (Phi) is 5.10. The zero-order chi connectivity index (χ0) is 10.4. The molecule has 84 valence electrons. The van der Waals surface area contributed by atoms with Gasteiger partial charge in [-0.2, -0.15) is 0 Å². The van der Waals surface area contributed by atoms with Crippen LogP contribution in [0.2, 0.25) is 0 Å². The van der Waals surface area contributed by atoms with Crippen molar-refractivity contribution in [2.75, 3.05) is 13.2 Å². The van der Waals surface area contributed by atoms with Gasteiger partial charge in [0.2, 0.25) is 0 Å². The van der Waals surface area contributed by atoms with E-state index in [4.69, 9.17) is 9.05 Å². The van der Waals surface area contributed by atoms with E-state index in [0.29, 0.717) is 19.3 Å². The van der Waals surface area contributed by atoms with Gasteiger partial charge in [-0.25, -0.2) is 9.65 Å². The van der Waals surface area contributed by atoms with E-state index in [9.17, 15) is 4.57 Å². The molecule has 0 saturated heterocycles. The van der Waals surface area contributed by atoms with Crippen molar-refractivity contribution in [1.82, 2.24) is 5.09 Å². The van der Waals surface area contributed by atoms with Gasteiger partial charge < -0.3 is 0 Å². The van der Waals surface area contributed by atoms with Crippen LogP contribution in [0.15, 0.2) is 0 Å². The summed E-state index contributed by atoms with van der Waals surface area (Å²) in [5.74, 6) is 0. The van der Waals surface area contributed by atoms with Crippen LogP contribution in [-0.4, -0.2) is 19.3 Å². The number of hydrogen-bond acceptors (Lipinski definition) is 3. The number of nitrogens with one attached hydrogen (secondary N) is 1. The molecule has 1 fully saturated rings. The lowest BCUT2D eigenvalue weighted by atomic mass is 10.3. The van der Waals surface area contributed by atoms with Crippen molar-refractivity contribution in [2.45, 2.75) is 45.6 Å². The summed E-state index contributed by atoms with van der Waals surface area (Å²) < 4.78 is 22.3. The minimum absolute atomic E-state index is 0.305. The second-order valence-electron chi connectivity index (χ2n) is 3.44. The zero-order valence-electron chi connectivity index (χ0n) is 8.99. The molecule has 0 aromatic carbocycles. The first-order valence-electron chi connectivity index (χ1n) is 5.37. The molecule has 0 aromatic rings. The molecule has 0 bridgehead atoms. The standard InChI is InChI=1S/C9H20NO3P/c1-3-12-14(11,13-4-2)10-9-7-5-6-8-9/h9H,3-8H2,1-2H3,(H,10,11). The summed E-state index contributed by atoms with van der Waals surface area (Å²) in [6, 6.07) is 0.305. The molecule has 0 amide bonds. The summed E-state index contributed by atoms with van der Waals surface area (Å²) in [4.78, 5) is 0. The van der Waals surface area contributed by atoms with E-state index in [1.165, 1.54) is 12.8 Å². The maximum Gasteiger partial charge on any atom is 0.405 e. The highest BCUT2D eigenvalue weighted by Crippen LogP contribution is 2.45. The first-order valence-corrected chi connectivity index (χ1v) is 6.91. The lowest BCUT2D eigenvalue weighted by Gasteiger charge is -2.21. The Morgan fingerprint density at radius 1 is 1.21 bits per heavy atom. The maximum absolute atomic E-state index is 12.0. The fourth-order valence-electron chi connectivity index (χ4n) is 1.73. The van der Waals surface area contributed by atoms with Gasteiger partial charge in [0, 0.05) is 6.04 Å². The van der Waals surface area contributed by atoms with Gasteiger partial charge in [-0.3, -0.25) is 9.05 Å². The Labute approximate surface area is 85.9 Å². The van der Waals surface area contributed by atoms with E-state index in [2.05, 4.69) is 5.09 Å². The van der Waals surface area contributed by atoms with Gasteiger partial charge in [-0.05, 0) is 26.7 Å². The summed E-state index contributed by atoms with van der Waals surface area (Å²) in [7, 11) is -3.02. The van der Waals surface area contributed by atoms with Gasteiger partial charge >= 0.3 is 7.75 Å². The summed E-state index contributed by atoms with van der Waals surface area (Å²) in [6.07, 6.45) is 4.56. The number of rotatable bonds is 6. The largest absolute Gasteiger partial charge is 0.405 e. The Hall–Kier alpha value is 0.110. The second kappa shape index (κ2) is 5.86. The normalized spacial score (nSPS) is 19.0. The molecule has 1 aliphatic rings. The lowest BCUT2D eigenvalue weighted by Crippen LogP contribution is -2.25. The lowest BCUT2D eigenvalue weighted by molar-refractivity contribution is 0.206. The molecule has 1 aliphatic carbocycles. The van der Waals surface area contributed by atoms with Crippen molar-refractivity contribution in [1.29, 1.82) is 0 Å². The molecule has 0 radical (unpaired) electrons. The molecule has 0 atom stereocenters. The fraction of sp³-hybridized carbons (Fsp3) is 1.00. The first kappa shape index (κ1) is 12.2. The van der Waals surface area contributed by atoms with E-state index in [-0.39, 0.29) is 0 Å². The van der Waals surface area contributed by atoms with Gasteiger partial charge in [-0.1, -0.05) is 12.8 Å². The van der Waals surface area contributed by atoms with E-state index < -0.39 is 7.75 Å². The van der Waals surface area contributed by atoms with Crippen LogP contribution in [0.4, 0.5) is 0 Å². The van der Waals surface area contributed by atoms with Gasteiger partial charge in [0.15, 0.2) is 0 Å². The number of hydrogen-bond donors (Lipinski definition) is 1. The average Bonchev–Trinajstić information content (AvgIpc) is 2.57. The summed E-state index contributed by atoms with van der Waals surface area (Å²) in [5.41, 5.74) is 0. The predicted octanol–water partition coefficient (Wildman–Crippen LogP) is 2.70. The highest BCUT2D eigenvalue weighted by Gasteiger charge is 2.28. The van der Waals surface area contributed by atoms with Crippen LogP contribution >= 0.6 is 7.75 Å². The molecule has 4 nitrogen and oxygen atoms in total. The van der Waals surface area contributed by atoms with Crippen LogP contribution in [0.1, 0.15) is 39.5 Å². The Bertz CT molecular complexity index is 194. The summed E-state index contributed by atoms with van der Waals surface area (Å²) >= 11 is 0. The Balaban J connectivity index is 2.44. The van der Waals surface area contributed by atoms with E-state index in [1.807, 2.05) is 13.8 Å².